The molecule has 17 heavy (non-hydrogen) atoms. The second-order valence-corrected chi connectivity index (χ2v) is 4.40. The highest BCUT2D eigenvalue weighted by molar-refractivity contribution is 7.99. The maximum Gasteiger partial charge on any atom is 0.159 e. The zero-order valence-corrected chi connectivity index (χ0v) is 9.47. The molecule has 0 fully saturated rings. The molecule has 2 aromatic carbocycles. The van der Waals surface area contributed by atoms with Gasteiger partial charge in [-0.2, -0.15) is 5.26 Å². The number of halogens is 2. The monoisotopic (exact) mass is 247 g/mol. The molecule has 2 aromatic rings. The SMILES string of the molecule is N#Cc1ccccc1Sc1ccc(F)c(F)c1. The van der Waals surface area contributed by atoms with E-state index in [1.165, 1.54) is 17.8 Å². The van der Waals surface area contributed by atoms with Crippen LogP contribution in [-0.2, 0) is 0 Å². The summed E-state index contributed by atoms with van der Waals surface area (Å²) >= 11 is 1.23. The van der Waals surface area contributed by atoms with Gasteiger partial charge in [0.25, 0.3) is 0 Å². The number of nitrogens with zero attached hydrogens (tertiary/aromatic N) is 1. The van der Waals surface area contributed by atoms with E-state index in [2.05, 4.69) is 6.07 Å². The van der Waals surface area contributed by atoms with Crippen LogP contribution in [0.15, 0.2) is 52.3 Å². The molecule has 0 spiro atoms. The predicted octanol–water partition coefficient (Wildman–Crippen LogP) is 3.99. The van der Waals surface area contributed by atoms with Crippen LogP contribution in [0, 0.1) is 23.0 Å². The van der Waals surface area contributed by atoms with E-state index < -0.39 is 11.6 Å². The van der Waals surface area contributed by atoms with Crippen LogP contribution in [0.5, 0.6) is 0 Å². The van der Waals surface area contributed by atoms with Crippen LogP contribution in [-0.4, -0.2) is 0 Å². The van der Waals surface area contributed by atoms with Crippen LogP contribution in [0.1, 0.15) is 5.56 Å². The topological polar surface area (TPSA) is 23.8 Å². The molecule has 0 N–H and O–H groups in total. The molecule has 0 aromatic heterocycles. The molecule has 0 saturated heterocycles. The van der Waals surface area contributed by atoms with E-state index in [0.717, 1.165) is 17.0 Å². The Morgan fingerprint density at radius 1 is 1.00 bits per heavy atom. The Morgan fingerprint density at radius 3 is 2.47 bits per heavy atom. The quantitative estimate of drug-likeness (QED) is 0.801. The van der Waals surface area contributed by atoms with Crippen molar-refractivity contribution in [2.24, 2.45) is 0 Å². The molecule has 0 saturated carbocycles. The second-order valence-electron chi connectivity index (χ2n) is 3.29. The van der Waals surface area contributed by atoms with E-state index in [-0.39, 0.29) is 0 Å². The summed E-state index contributed by atoms with van der Waals surface area (Å²) in [4.78, 5) is 1.28. The largest absolute Gasteiger partial charge is 0.204 e. The van der Waals surface area contributed by atoms with Crippen molar-refractivity contribution in [2.45, 2.75) is 9.79 Å². The molecule has 4 heteroatoms. The van der Waals surface area contributed by atoms with E-state index in [0.29, 0.717) is 10.5 Å². The molecule has 0 radical (unpaired) electrons. The zero-order chi connectivity index (χ0) is 12.3. The third-order valence-corrected chi connectivity index (χ3v) is 3.19. The normalized spacial score (nSPS) is 9.94. The van der Waals surface area contributed by atoms with Crippen molar-refractivity contribution in [3.05, 3.63) is 59.7 Å². The summed E-state index contributed by atoms with van der Waals surface area (Å²) in [5.41, 5.74) is 0.516. The maximum absolute atomic E-state index is 13.0. The van der Waals surface area contributed by atoms with E-state index in [4.69, 9.17) is 5.26 Å². The lowest BCUT2D eigenvalue weighted by molar-refractivity contribution is 0.506. The minimum Gasteiger partial charge on any atom is -0.204 e. The van der Waals surface area contributed by atoms with Crippen LogP contribution in [0.4, 0.5) is 8.78 Å². The highest BCUT2D eigenvalue weighted by atomic mass is 32.2. The van der Waals surface area contributed by atoms with Crippen LogP contribution in [0.2, 0.25) is 0 Å². The lowest BCUT2D eigenvalue weighted by Gasteiger charge is -2.03. The minimum atomic E-state index is -0.885. The first-order valence-corrected chi connectivity index (χ1v) is 5.64. The number of nitriles is 1. The summed E-state index contributed by atoms with van der Waals surface area (Å²) in [6.07, 6.45) is 0. The first-order valence-electron chi connectivity index (χ1n) is 4.83. The lowest BCUT2D eigenvalue weighted by Crippen LogP contribution is -1.85. The molecule has 0 aliphatic rings. The molecule has 0 aliphatic carbocycles. The molecule has 0 atom stereocenters. The van der Waals surface area contributed by atoms with E-state index in [1.54, 1.807) is 24.3 Å². The van der Waals surface area contributed by atoms with Gasteiger partial charge in [0.15, 0.2) is 11.6 Å². The van der Waals surface area contributed by atoms with Gasteiger partial charge in [0, 0.05) is 9.79 Å². The van der Waals surface area contributed by atoms with Gasteiger partial charge in [0.05, 0.1) is 5.56 Å². The van der Waals surface area contributed by atoms with Crippen LogP contribution < -0.4 is 0 Å². The molecule has 2 rings (SSSR count). The van der Waals surface area contributed by atoms with Gasteiger partial charge >= 0.3 is 0 Å². The maximum atomic E-state index is 13.0. The van der Waals surface area contributed by atoms with Crippen molar-refractivity contribution < 1.29 is 8.78 Å². The molecular formula is C13H7F2NS. The Labute approximate surface area is 102 Å². The van der Waals surface area contributed by atoms with Crippen LogP contribution >= 0.6 is 11.8 Å². The molecule has 0 aliphatic heterocycles. The fraction of sp³-hybridized carbons (Fsp3) is 0. The molecule has 0 heterocycles. The van der Waals surface area contributed by atoms with Gasteiger partial charge in [-0.1, -0.05) is 23.9 Å². The molecule has 0 bridgehead atoms. The summed E-state index contributed by atoms with van der Waals surface area (Å²) < 4.78 is 25.8. The van der Waals surface area contributed by atoms with Crippen molar-refractivity contribution in [3.63, 3.8) is 0 Å². The van der Waals surface area contributed by atoms with Gasteiger partial charge in [-0.05, 0) is 30.3 Å². The third kappa shape index (κ3) is 2.63. The summed E-state index contributed by atoms with van der Waals surface area (Å²) in [6.45, 7) is 0. The van der Waals surface area contributed by atoms with Crippen molar-refractivity contribution >= 4 is 11.8 Å². The molecule has 1 nitrogen and oxygen atoms in total. The van der Waals surface area contributed by atoms with Crippen LogP contribution in [0.3, 0.4) is 0 Å². The number of hydrogen-bond donors (Lipinski definition) is 0. The molecular weight excluding hydrogens is 240 g/mol. The van der Waals surface area contributed by atoms with Crippen LogP contribution in [0.25, 0.3) is 0 Å². The number of hydrogen-bond acceptors (Lipinski definition) is 2. The summed E-state index contributed by atoms with van der Waals surface area (Å²) in [7, 11) is 0. The highest BCUT2D eigenvalue weighted by Crippen LogP contribution is 2.30. The standard InChI is InChI=1S/C13H7F2NS/c14-11-6-5-10(7-12(11)15)17-13-4-2-1-3-9(13)8-16/h1-7H. The average Bonchev–Trinajstić information content (AvgIpc) is 2.34. The molecule has 84 valence electrons. The Morgan fingerprint density at radius 2 is 1.76 bits per heavy atom. The second kappa shape index (κ2) is 4.98. The summed E-state index contributed by atoms with van der Waals surface area (Å²) in [5, 5.41) is 8.90. The van der Waals surface area contributed by atoms with E-state index >= 15 is 0 Å². The zero-order valence-electron chi connectivity index (χ0n) is 8.65. The van der Waals surface area contributed by atoms with E-state index in [9.17, 15) is 8.78 Å². The Bertz CT molecular complexity index is 590. The Balaban J connectivity index is 2.32. The molecule has 0 unspecified atom stereocenters. The minimum absolute atomic E-state index is 0.516. The van der Waals surface area contributed by atoms with Crippen molar-refractivity contribution in [1.82, 2.24) is 0 Å². The smallest absolute Gasteiger partial charge is 0.159 e. The fourth-order valence-electron chi connectivity index (χ4n) is 1.32. The Hall–Kier alpha value is -1.86. The van der Waals surface area contributed by atoms with E-state index in [1.807, 2.05) is 0 Å². The van der Waals surface area contributed by atoms with Gasteiger partial charge in [-0.3, -0.25) is 0 Å². The van der Waals surface area contributed by atoms with Crippen molar-refractivity contribution in [1.29, 1.82) is 5.26 Å². The fourth-order valence-corrected chi connectivity index (χ4v) is 2.24. The summed E-state index contributed by atoms with van der Waals surface area (Å²) in [5.74, 6) is -1.76. The van der Waals surface area contributed by atoms with Crippen molar-refractivity contribution in [2.75, 3.05) is 0 Å². The van der Waals surface area contributed by atoms with Gasteiger partial charge in [0.2, 0.25) is 0 Å². The first-order chi connectivity index (χ1) is 8.20. The molecule has 0 amide bonds. The average molecular weight is 247 g/mol. The number of rotatable bonds is 2. The predicted molar refractivity (Wildman–Crippen MR) is 61.6 cm³/mol. The van der Waals surface area contributed by atoms with Gasteiger partial charge in [-0.25, -0.2) is 8.78 Å². The van der Waals surface area contributed by atoms with Crippen molar-refractivity contribution in [3.8, 4) is 6.07 Å². The summed E-state index contributed by atoms with van der Waals surface area (Å²) in [6, 6.07) is 12.7. The van der Waals surface area contributed by atoms with Gasteiger partial charge in [0.1, 0.15) is 6.07 Å². The third-order valence-electron chi connectivity index (χ3n) is 2.13. The Kier molecular flexibility index (Phi) is 3.40. The van der Waals surface area contributed by atoms with Gasteiger partial charge < -0.3 is 0 Å². The van der Waals surface area contributed by atoms with Gasteiger partial charge in [-0.15, -0.1) is 0 Å². The lowest BCUT2D eigenvalue weighted by atomic mass is 10.2. The highest BCUT2D eigenvalue weighted by Gasteiger charge is 2.06. The first kappa shape index (κ1) is 11.6. The number of benzene rings is 2.